The van der Waals surface area contributed by atoms with E-state index in [0.29, 0.717) is 0 Å². The van der Waals surface area contributed by atoms with E-state index in [-0.39, 0.29) is 18.6 Å². The van der Waals surface area contributed by atoms with Gasteiger partial charge in [-0.15, -0.1) is 0 Å². The van der Waals surface area contributed by atoms with E-state index in [1.165, 1.54) is 6.92 Å². The lowest BCUT2D eigenvalue weighted by Gasteiger charge is -1.98. The first-order valence-corrected chi connectivity index (χ1v) is 2.92. The third-order valence-corrected chi connectivity index (χ3v) is 1.01. The second-order valence-corrected chi connectivity index (χ2v) is 2.04. The fourth-order valence-corrected chi connectivity index (χ4v) is 0.428. The molecule has 0 bridgehead atoms. The van der Waals surface area contributed by atoms with Crippen LogP contribution in [0.4, 0.5) is 0 Å². The minimum absolute atomic E-state index is 0.0798. The maximum atomic E-state index is 10.4. The zero-order chi connectivity index (χ0) is 8.15. The molecule has 58 valence electrons. The lowest BCUT2D eigenvalue weighted by molar-refractivity contribution is -0.145. The zero-order valence-electron chi connectivity index (χ0n) is 5.70. The molecule has 0 aliphatic rings. The summed E-state index contributed by atoms with van der Waals surface area (Å²) in [7, 11) is 0. The van der Waals surface area contributed by atoms with Gasteiger partial charge in [0, 0.05) is 12.8 Å². The third kappa shape index (κ3) is 4.17. The van der Waals surface area contributed by atoms with Crippen molar-refractivity contribution in [1.82, 2.24) is 0 Å². The SMILES string of the molecule is CC(=O)CCC(=O)C(O)O. The predicted octanol–water partition coefficient (Wildman–Crippen LogP) is -0.765. The van der Waals surface area contributed by atoms with Crippen LogP contribution in [0, 0.1) is 0 Å². The molecule has 0 spiro atoms. The van der Waals surface area contributed by atoms with E-state index in [1.54, 1.807) is 0 Å². The number of hydrogen-bond acceptors (Lipinski definition) is 4. The zero-order valence-corrected chi connectivity index (χ0v) is 5.70. The Balaban J connectivity index is 3.50. The Kier molecular flexibility index (Phi) is 3.83. The summed E-state index contributed by atoms with van der Waals surface area (Å²) in [6.45, 7) is 1.34. The van der Waals surface area contributed by atoms with Crippen LogP contribution in [0.1, 0.15) is 19.8 Å². The molecular formula is C6H10O4. The number of carbonyl (C=O) groups excluding carboxylic acids is 2. The normalized spacial score (nSPS) is 10.0. The highest BCUT2D eigenvalue weighted by atomic mass is 16.5. The molecule has 0 rings (SSSR count). The molecule has 0 atom stereocenters. The second-order valence-electron chi connectivity index (χ2n) is 2.04. The van der Waals surface area contributed by atoms with Gasteiger partial charge in [-0.25, -0.2) is 0 Å². The number of aliphatic hydroxyl groups is 2. The molecule has 0 aromatic heterocycles. The molecule has 0 aromatic carbocycles. The molecule has 0 unspecified atom stereocenters. The van der Waals surface area contributed by atoms with Crippen LogP contribution >= 0.6 is 0 Å². The van der Waals surface area contributed by atoms with Crippen LogP contribution in [0.25, 0.3) is 0 Å². The number of ketones is 2. The Morgan fingerprint density at radius 3 is 2.10 bits per heavy atom. The fourth-order valence-electron chi connectivity index (χ4n) is 0.428. The fraction of sp³-hybridized carbons (Fsp3) is 0.667. The van der Waals surface area contributed by atoms with Gasteiger partial charge in [0.15, 0.2) is 5.78 Å². The molecular weight excluding hydrogens is 136 g/mol. The quantitative estimate of drug-likeness (QED) is 0.511. The van der Waals surface area contributed by atoms with Crippen LogP contribution in [0.2, 0.25) is 0 Å². The summed E-state index contributed by atoms with van der Waals surface area (Å²) < 4.78 is 0. The number of rotatable bonds is 4. The molecule has 10 heavy (non-hydrogen) atoms. The van der Waals surface area contributed by atoms with Crippen LogP contribution < -0.4 is 0 Å². The van der Waals surface area contributed by atoms with Crippen LogP contribution in [-0.4, -0.2) is 28.1 Å². The minimum Gasteiger partial charge on any atom is -0.362 e. The van der Waals surface area contributed by atoms with Crippen molar-refractivity contribution in [3.8, 4) is 0 Å². The second kappa shape index (κ2) is 4.14. The van der Waals surface area contributed by atoms with Crippen LogP contribution in [0.3, 0.4) is 0 Å². The van der Waals surface area contributed by atoms with E-state index in [2.05, 4.69) is 0 Å². The highest BCUT2D eigenvalue weighted by Crippen LogP contribution is 1.94. The topological polar surface area (TPSA) is 74.6 Å². The maximum absolute atomic E-state index is 10.4. The molecule has 0 fully saturated rings. The van der Waals surface area contributed by atoms with E-state index < -0.39 is 12.1 Å². The van der Waals surface area contributed by atoms with Crippen molar-refractivity contribution >= 4 is 11.6 Å². The number of aliphatic hydroxyl groups excluding tert-OH is 1. The average molecular weight is 146 g/mol. The Labute approximate surface area is 58.5 Å². The van der Waals surface area contributed by atoms with Crippen LogP contribution in [-0.2, 0) is 9.59 Å². The first kappa shape index (κ1) is 9.26. The van der Waals surface area contributed by atoms with Crippen molar-refractivity contribution in [3.63, 3.8) is 0 Å². The summed E-state index contributed by atoms with van der Waals surface area (Å²) in [6.07, 6.45) is -1.94. The first-order valence-electron chi connectivity index (χ1n) is 2.92. The molecule has 0 heterocycles. The van der Waals surface area contributed by atoms with Gasteiger partial charge < -0.3 is 15.0 Å². The molecule has 0 saturated carbocycles. The number of Topliss-reactive ketones (excluding diaryl/α,β-unsaturated/α-hetero) is 2. The van der Waals surface area contributed by atoms with Gasteiger partial charge in [-0.05, 0) is 6.92 Å². The van der Waals surface area contributed by atoms with Gasteiger partial charge in [0.1, 0.15) is 5.78 Å². The Morgan fingerprint density at radius 1 is 1.30 bits per heavy atom. The smallest absolute Gasteiger partial charge is 0.212 e. The van der Waals surface area contributed by atoms with Crippen molar-refractivity contribution in [2.45, 2.75) is 26.1 Å². The molecule has 0 aliphatic carbocycles. The molecule has 2 N–H and O–H groups in total. The molecule has 0 saturated heterocycles. The summed E-state index contributed by atoms with van der Waals surface area (Å²) in [5.74, 6) is -0.843. The highest BCUT2D eigenvalue weighted by molar-refractivity contribution is 5.86. The summed E-state index contributed by atoms with van der Waals surface area (Å²) in [6, 6.07) is 0. The van der Waals surface area contributed by atoms with E-state index >= 15 is 0 Å². The first-order chi connectivity index (χ1) is 4.54. The molecule has 0 amide bonds. The van der Waals surface area contributed by atoms with E-state index in [0.717, 1.165) is 0 Å². The van der Waals surface area contributed by atoms with Crippen molar-refractivity contribution in [3.05, 3.63) is 0 Å². The molecule has 0 radical (unpaired) electrons. The number of carbonyl (C=O) groups is 2. The van der Waals surface area contributed by atoms with Gasteiger partial charge in [0.2, 0.25) is 6.29 Å². The van der Waals surface area contributed by atoms with Gasteiger partial charge in [-0.2, -0.15) is 0 Å². The van der Waals surface area contributed by atoms with Crippen LogP contribution in [0.15, 0.2) is 0 Å². The molecule has 4 heteroatoms. The highest BCUT2D eigenvalue weighted by Gasteiger charge is 2.10. The van der Waals surface area contributed by atoms with Crippen LogP contribution in [0.5, 0.6) is 0 Å². The summed E-state index contributed by atoms with van der Waals surface area (Å²) in [4.78, 5) is 20.7. The Morgan fingerprint density at radius 2 is 1.80 bits per heavy atom. The Bertz CT molecular complexity index is 139. The summed E-state index contributed by atoms with van der Waals surface area (Å²) in [5.41, 5.74) is 0. The average Bonchev–Trinajstić information content (AvgIpc) is 1.82. The standard InChI is InChI=1S/C6H10O4/c1-4(7)2-3-5(8)6(9)10/h6,9-10H,2-3H2,1H3. The maximum Gasteiger partial charge on any atom is 0.212 e. The van der Waals surface area contributed by atoms with Crippen molar-refractivity contribution in [2.24, 2.45) is 0 Å². The van der Waals surface area contributed by atoms with E-state index in [9.17, 15) is 9.59 Å². The number of hydrogen-bond donors (Lipinski definition) is 2. The lowest BCUT2D eigenvalue weighted by atomic mass is 10.2. The van der Waals surface area contributed by atoms with Gasteiger partial charge in [-0.1, -0.05) is 0 Å². The van der Waals surface area contributed by atoms with Gasteiger partial charge in [0.05, 0.1) is 0 Å². The van der Waals surface area contributed by atoms with Crippen molar-refractivity contribution < 1.29 is 19.8 Å². The largest absolute Gasteiger partial charge is 0.362 e. The monoisotopic (exact) mass is 146 g/mol. The van der Waals surface area contributed by atoms with Gasteiger partial charge in [-0.3, -0.25) is 4.79 Å². The Hall–Kier alpha value is -0.740. The predicted molar refractivity (Wildman–Crippen MR) is 33.1 cm³/mol. The van der Waals surface area contributed by atoms with Gasteiger partial charge in [0.25, 0.3) is 0 Å². The molecule has 0 aromatic rings. The summed E-state index contributed by atoms with van der Waals surface area (Å²) >= 11 is 0. The molecule has 0 aliphatic heterocycles. The molecule has 4 nitrogen and oxygen atoms in total. The van der Waals surface area contributed by atoms with Gasteiger partial charge >= 0.3 is 0 Å². The van der Waals surface area contributed by atoms with E-state index in [1.807, 2.05) is 0 Å². The minimum atomic E-state index is -1.93. The van der Waals surface area contributed by atoms with E-state index in [4.69, 9.17) is 10.2 Å². The third-order valence-electron chi connectivity index (χ3n) is 1.01. The lowest BCUT2D eigenvalue weighted by Crippen LogP contribution is -2.19. The van der Waals surface area contributed by atoms with Crippen molar-refractivity contribution in [2.75, 3.05) is 0 Å². The van der Waals surface area contributed by atoms with Crippen molar-refractivity contribution in [1.29, 1.82) is 0 Å². The summed E-state index contributed by atoms with van der Waals surface area (Å²) in [5, 5.41) is 16.5.